The Kier molecular flexibility index (Phi) is 5.62. The monoisotopic (exact) mass is 381 g/mol. The normalized spacial score (nSPS) is 24.5. The van der Waals surface area contributed by atoms with Crippen LogP contribution in [0.5, 0.6) is 0 Å². The van der Waals surface area contributed by atoms with E-state index < -0.39 is 39.4 Å². The van der Waals surface area contributed by atoms with Crippen molar-refractivity contribution < 1.29 is 27.3 Å². The van der Waals surface area contributed by atoms with Gasteiger partial charge in [0.15, 0.2) is 0 Å². The Morgan fingerprint density at radius 1 is 1.08 bits per heavy atom. The van der Waals surface area contributed by atoms with E-state index in [1.54, 1.807) is 30.3 Å². The van der Waals surface area contributed by atoms with E-state index in [1.807, 2.05) is 0 Å². The van der Waals surface area contributed by atoms with Crippen molar-refractivity contribution in [1.82, 2.24) is 4.90 Å². The predicted octanol–water partition coefficient (Wildman–Crippen LogP) is 2.03. The van der Waals surface area contributed by atoms with Crippen molar-refractivity contribution in [3.63, 3.8) is 0 Å². The molecular weight excluding hydrogens is 358 g/mol. The summed E-state index contributed by atoms with van der Waals surface area (Å²) in [5.41, 5.74) is 0.370. The average Bonchev–Trinajstić information content (AvgIpc) is 3.06. The highest BCUT2D eigenvalue weighted by atomic mass is 32.2. The number of rotatable bonds is 5. The maximum Gasteiger partial charge on any atom is 0.326 e. The molecule has 1 aromatic rings. The largest absolute Gasteiger partial charge is 0.480 e. The fourth-order valence-corrected chi connectivity index (χ4v) is 5.28. The molecule has 0 radical (unpaired) electrons. The number of amides is 1. The van der Waals surface area contributed by atoms with Crippen LogP contribution in [-0.4, -0.2) is 54.2 Å². The highest BCUT2D eigenvalue weighted by Crippen LogP contribution is 2.29. The van der Waals surface area contributed by atoms with Crippen LogP contribution in [0, 0.1) is 0 Å². The SMILES string of the molecule is O=C(O)[C@@H]1C[C@H](OS(=O)(=O)C2CCCCC2)CN1C(=O)c1ccccc1. The van der Waals surface area contributed by atoms with Gasteiger partial charge in [-0.25, -0.2) is 4.79 Å². The molecule has 0 aromatic heterocycles. The maximum absolute atomic E-state index is 12.6. The van der Waals surface area contributed by atoms with Crippen molar-refractivity contribution in [2.24, 2.45) is 0 Å². The molecule has 142 valence electrons. The molecule has 3 rings (SSSR count). The van der Waals surface area contributed by atoms with Crippen LogP contribution in [0.1, 0.15) is 48.9 Å². The summed E-state index contributed by atoms with van der Waals surface area (Å²) >= 11 is 0. The number of hydrogen-bond donors (Lipinski definition) is 1. The van der Waals surface area contributed by atoms with Crippen LogP contribution >= 0.6 is 0 Å². The fourth-order valence-electron chi connectivity index (χ4n) is 3.69. The Balaban J connectivity index is 1.73. The molecule has 0 spiro atoms. The smallest absolute Gasteiger partial charge is 0.326 e. The number of benzene rings is 1. The third-order valence-electron chi connectivity index (χ3n) is 5.06. The van der Waals surface area contributed by atoms with Crippen LogP contribution < -0.4 is 0 Å². The van der Waals surface area contributed by atoms with Crippen LogP contribution in [0.15, 0.2) is 30.3 Å². The van der Waals surface area contributed by atoms with Gasteiger partial charge in [-0.15, -0.1) is 0 Å². The maximum atomic E-state index is 12.6. The van der Waals surface area contributed by atoms with Gasteiger partial charge in [-0.2, -0.15) is 8.42 Å². The molecule has 1 aliphatic heterocycles. The lowest BCUT2D eigenvalue weighted by Gasteiger charge is -2.23. The second-order valence-electron chi connectivity index (χ2n) is 6.88. The summed E-state index contributed by atoms with van der Waals surface area (Å²) in [6.07, 6.45) is 3.03. The van der Waals surface area contributed by atoms with E-state index in [0.29, 0.717) is 18.4 Å². The van der Waals surface area contributed by atoms with Crippen LogP contribution in [-0.2, 0) is 19.1 Å². The summed E-state index contributed by atoms with van der Waals surface area (Å²) in [5, 5.41) is 8.92. The van der Waals surface area contributed by atoms with Crippen molar-refractivity contribution in [3.8, 4) is 0 Å². The number of carboxylic acid groups (broad SMARTS) is 1. The molecule has 1 saturated heterocycles. The third kappa shape index (κ3) is 4.07. The Morgan fingerprint density at radius 2 is 1.73 bits per heavy atom. The Hall–Kier alpha value is -1.93. The first-order valence-corrected chi connectivity index (χ1v) is 10.4. The van der Waals surface area contributed by atoms with Gasteiger partial charge in [0, 0.05) is 18.5 Å². The number of likely N-dealkylation sites (tertiary alicyclic amines) is 1. The zero-order valence-corrected chi connectivity index (χ0v) is 15.2. The molecule has 0 bridgehead atoms. The topological polar surface area (TPSA) is 101 Å². The summed E-state index contributed by atoms with van der Waals surface area (Å²) in [6, 6.07) is 7.27. The van der Waals surface area contributed by atoms with Crippen molar-refractivity contribution in [2.75, 3.05) is 6.54 Å². The zero-order valence-electron chi connectivity index (χ0n) is 14.4. The van der Waals surface area contributed by atoms with Gasteiger partial charge in [-0.1, -0.05) is 37.5 Å². The van der Waals surface area contributed by atoms with Crippen LogP contribution in [0.2, 0.25) is 0 Å². The van der Waals surface area contributed by atoms with Gasteiger partial charge in [0.2, 0.25) is 0 Å². The van der Waals surface area contributed by atoms with Crippen LogP contribution in [0.4, 0.5) is 0 Å². The molecule has 2 atom stereocenters. The molecule has 0 unspecified atom stereocenters. The Labute approximate surface area is 153 Å². The van der Waals surface area contributed by atoms with E-state index in [2.05, 4.69) is 0 Å². The molecule has 1 N–H and O–H groups in total. The summed E-state index contributed by atoms with van der Waals surface area (Å²) in [6.45, 7) is -0.0450. The van der Waals surface area contributed by atoms with Gasteiger partial charge in [0.05, 0.1) is 11.4 Å². The Bertz CT molecular complexity index is 757. The number of hydrogen-bond acceptors (Lipinski definition) is 5. The highest BCUT2D eigenvalue weighted by molar-refractivity contribution is 7.87. The number of carboxylic acids is 1. The van der Waals surface area contributed by atoms with Crippen molar-refractivity contribution in [2.45, 2.75) is 55.9 Å². The molecule has 1 aromatic carbocycles. The van der Waals surface area contributed by atoms with E-state index in [9.17, 15) is 23.1 Å². The second kappa shape index (κ2) is 7.75. The van der Waals surface area contributed by atoms with Gasteiger partial charge in [0.25, 0.3) is 16.0 Å². The van der Waals surface area contributed by atoms with Gasteiger partial charge in [0.1, 0.15) is 6.04 Å². The van der Waals surface area contributed by atoms with E-state index in [-0.39, 0.29) is 13.0 Å². The second-order valence-corrected chi connectivity index (χ2v) is 8.73. The van der Waals surface area contributed by atoms with Gasteiger partial charge < -0.3 is 10.0 Å². The number of carbonyl (C=O) groups excluding carboxylic acids is 1. The fraction of sp³-hybridized carbons (Fsp3) is 0.556. The van der Waals surface area contributed by atoms with Gasteiger partial charge in [-0.3, -0.25) is 8.98 Å². The summed E-state index contributed by atoms with van der Waals surface area (Å²) in [4.78, 5) is 25.4. The molecule has 2 aliphatic rings. The summed E-state index contributed by atoms with van der Waals surface area (Å²) in [5.74, 6) is -1.59. The molecular formula is C18H23NO6S. The predicted molar refractivity (Wildman–Crippen MR) is 94.2 cm³/mol. The van der Waals surface area contributed by atoms with Crippen molar-refractivity contribution >= 4 is 22.0 Å². The molecule has 1 amide bonds. The minimum atomic E-state index is -3.76. The molecule has 1 aliphatic carbocycles. The first-order valence-electron chi connectivity index (χ1n) is 8.89. The van der Waals surface area contributed by atoms with E-state index in [0.717, 1.165) is 19.3 Å². The lowest BCUT2D eigenvalue weighted by atomic mass is 10.0. The lowest BCUT2D eigenvalue weighted by Crippen LogP contribution is -2.40. The highest BCUT2D eigenvalue weighted by Gasteiger charge is 2.43. The minimum absolute atomic E-state index is 0.0279. The standard InChI is InChI=1S/C18H23NO6S/c20-17(13-7-3-1-4-8-13)19-12-14(11-16(19)18(21)22)25-26(23,24)15-9-5-2-6-10-15/h1,3-4,7-8,14-16H,2,5-6,9-12H2,(H,21,22)/t14-,16-/m0/s1. The quantitative estimate of drug-likeness (QED) is 0.783. The molecule has 26 heavy (non-hydrogen) atoms. The first kappa shape index (κ1) is 18.8. The summed E-state index contributed by atoms with van der Waals surface area (Å²) in [7, 11) is -3.76. The van der Waals surface area contributed by atoms with Crippen molar-refractivity contribution in [1.29, 1.82) is 0 Å². The minimum Gasteiger partial charge on any atom is -0.480 e. The molecule has 7 nitrogen and oxygen atoms in total. The van der Waals surface area contributed by atoms with Crippen LogP contribution in [0.25, 0.3) is 0 Å². The molecule has 2 fully saturated rings. The third-order valence-corrected chi connectivity index (χ3v) is 6.89. The van der Waals surface area contributed by atoms with E-state index in [1.165, 1.54) is 4.90 Å². The van der Waals surface area contributed by atoms with Gasteiger partial charge in [-0.05, 0) is 25.0 Å². The molecule has 8 heteroatoms. The lowest BCUT2D eigenvalue weighted by molar-refractivity contribution is -0.141. The number of carbonyl (C=O) groups is 2. The van der Waals surface area contributed by atoms with E-state index >= 15 is 0 Å². The zero-order chi connectivity index (χ0) is 18.7. The summed E-state index contributed by atoms with van der Waals surface area (Å²) < 4.78 is 30.3. The van der Waals surface area contributed by atoms with Crippen molar-refractivity contribution in [3.05, 3.63) is 35.9 Å². The first-order chi connectivity index (χ1) is 12.4. The molecule has 1 heterocycles. The van der Waals surface area contributed by atoms with E-state index in [4.69, 9.17) is 4.18 Å². The number of nitrogens with zero attached hydrogens (tertiary/aromatic N) is 1. The average molecular weight is 381 g/mol. The Morgan fingerprint density at radius 3 is 2.35 bits per heavy atom. The number of aliphatic carboxylic acids is 1. The molecule has 1 saturated carbocycles. The van der Waals surface area contributed by atoms with Gasteiger partial charge >= 0.3 is 5.97 Å². The van der Waals surface area contributed by atoms with Crippen LogP contribution in [0.3, 0.4) is 0 Å².